The molecule has 1 aromatic carbocycles. The number of ether oxygens (including phenoxy) is 2. The zero-order valence-electron chi connectivity index (χ0n) is 14.6. The highest BCUT2D eigenvalue weighted by Crippen LogP contribution is 2.35. The summed E-state index contributed by atoms with van der Waals surface area (Å²) in [5.41, 5.74) is -4.57. The lowest BCUT2D eigenvalue weighted by molar-refractivity contribution is -0.0501. The first kappa shape index (κ1) is 19.7. The Hall–Kier alpha value is -3.02. The molecule has 12 heteroatoms. The predicted molar refractivity (Wildman–Crippen MR) is 91.8 cm³/mol. The Labute approximate surface area is 157 Å². The fourth-order valence-corrected chi connectivity index (χ4v) is 2.87. The molecule has 0 N–H and O–H groups in total. The number of aromatic nitrogens is 3. The normalized spacial score (nSPS) is 12.2. The Morgan fingerprint density at radius 1 is 1.04 bits per heavy atom. The lowest BCUT2D eigenvalue weighted by atomic mass is 10.2. The Kier molecular flexibility index (Phi) is 5.06. The fraction of sp³-hybridized carbons (Fsp3) is 0.250. The molecule has 3 aromatic rings. The highest BCUT2D eigenvalue weighted by molar-refractivity contribution is 7.88. The monoisotopic (exact) mass is 417 g/mol. The van der Waals surface area contributed by atoms with Crippen LogP contribution in [-0.4, -0.2) is 42.9 Å². The van der Waals surface area contributed by atoms with Crippen LogP contribution >= 0.6 is 0 Å². The number of benzene rings is 1. The Morgan fingerprint density at radius 3 is 2.29 bits per heavy atom. The molecule has 0 aliphatic rings. The minimum atomic E-state index is -5.91. The number of nitrogens with zero attached hydrogens (tertiary/aromatic N) is 3. The molecule has 8 nitrogen and oxygen atoms in total. The van der Waals surface area contributed by atoms with Crippen LogP contribution in [0.2, 0.25) is 0 Å². The molecule has 2 aromatic heterocycles. The average Bonchev–Trinajstić information content (AvgIpc) is 2.98. The van der Waals surface area contributed by atoms with Crippen molar-refractivity contribution in [2.45, 2.75) is 12.1 Å². The first-order valence-electron chi connectivity index (χ1n) is 7.69. The molecule has 0 radical (unpaired) electrons. The molecule has 2 heterocycles. The maximum Gasteiger partial charge on any atom is 0.534 e. The third-order valence-corrected chi connectivity index (χ3v) is 4.70. The highest BCUT2D eigenvalue weighted by atomic mass is 32.2. The summed E-state index contributed by atoms with van der Waals surface area (Å²) in [6.07, 6.45) is 1.36. The van der Waals surface area contributed by atoms with Crippen LogP contribution in [0.3, 0.4) is 0 Å². The SMILES string of the molecule is COc1ccc(Cn2nc(OS(=O)(=O)C(F)(F)F)c3c(OC)nccc32)cc1. The molecule has 150 valence electrons. The maximum absolute atomic E-state index is 12.7. The standard InChI is InChI=1S/C16H14F3N3O5S/c1-25-11-5-3-10(4-6-11)9-22-12-7-8-20-14(26-2)13(12)15(21-22)27-28(23,24)16(17,18)19/h3-8H,9H2,1-2H3. The molecular formula is C16H14F3N3O5S. The van der Waals surface area contributed by atoms with Gasteiger partial charge in [-0.25, -0.2) is 4.98 Å². The molecule has 0 aliphatic carbocycles. The number of fused-ring (bicyclic) bond motifs is 1. The topological polar surface area (TPSA) is 92.5 Å². The largest absolute Gasteiger partial charge is 0.534 e. The van der Waals surface area contributed by atoms with Crippen molar-refractivity contribution in [3.8, 4) is 17.5 Å². The van der Waals surface area contributed by atoms with Gasteiger partial charge in [0.2, 0.25) is 5.88 Å². The van der Waals surface area contributed by atoms with Crippen LogP contribution in [0, 0.1) is 0 Å². The molecule has 0 saturated heterocycles. The fourth-order valence-electron chi connectivity index (χ4n) is 2.45. The second-order valence-corrected chi connectivity index (χ2v) is 7.05. The molecule has 0 unspecified atom stereocenters. The maximum atomic E-state index is 12.7. The van der Waals surface area contributed by atoms with Gasteiger partial charge in [-0.15, -0.1) is 5.10 Å². The summed E-state index contributed by atoms with van der Waals surface area (Å²) in [6, 6.07) is 8.33. The Morgan fingerprint density at radius 2 is 1.71 bits per heavy atom. The summed E-state index contributed by atoms with van der Waals surface area (Å²) in [4.78, 5) is 3.87. The molecular weight excluding hydrogens is 403 g/mol. The van der Waals surface area contributed by atoms with E-state index < -0.39 is 21.5 Å². The van der Waals surface area contributed by atoms with Gasteiger partial charge in [0.1, 0.15) is 11.1 Å². The number of methoxy groups -OCH3 is 2. The van der Waals surface area contributed by atoms with Gasteiger partial charge < -0.3 is 13.7 Å². The summed E-state index contributed by atoms with van der Waals surface area (Å²) in [6.45, 7) is 0.128. The van der Waals surface area contributed by atoms with E-state index in [-0.39, 0.29) is 23.3 Å². The molecule has 0 spiro atoms. The minimum absolute atomic E-state index is 0.0914. The molecule has 0 atom stereocenters. The summed E-state index contributed by atoms with van der Waals surface area (Å²) < 4.78 is 76.7. The van der Waals surface area contributed by atoms with Crippen molar-refractivity contribution in [1.29, 1.82) is 0 Å². The molecule has 0 fully saturated rings. The van der Waals surface area contributed by atoms with Gasteiger partial charge in [0.05, 0.1) is 26.3 Å². The van der Waals surface area contributed by atoms with Crippen LogP contribution in [-0.2, 0) is 16.7 Å². The summed E-state index contributed by atoms with van der Waals surface area (Å²) in [5.74, 6) is -0.267. The third kappa shape index (κ3) is 3.67. The van der Waals surface area contributed by atoms with Crippen molar-refractivity contribution in [2.24, 2.45) is 0 Å². The number of pyridine rings is 1. The number of hydrogen-bond donors (Lipinski definition) is 0. The molecule has 0 aliphatic heterocycles. The van der Waals surface area contributed by atoms with Crippen LogP contribution in [0.4, 0.5) is 13.2 Å². The van der Waals surface area contributed by atoms with Gasteiger partial charge in [0.15, 0.2) is 0 Å². The lowest BCUT2D eigenvalue weighted by Gasteiger charge is -2.07. The minimum Gasteiger partial charge on any atom is -0.497 e. The smallest absolute Gasteiger partial charge is 0.497 e. The van der Waals surface area contributed by atoms with E-state index in [1.54, 1.807) is 24.3 Å². The second kappa shape index (κ2) is 7.19. The number of halogens is 3. The Bertz CT molecular complexity index is 1100. The molecule has 0 bridgehead atoms. The van der Waals surface area contributed by atoms with E-state index in [4.69, 9.17) is 9.47 Å². The summed E-state index contributed by atoms with van der Waals surface area (Å²) >= 11 is 0. The van der Waals surface area contributed by atoms with Gasteiger partial charge in [-0.3, -0.25) is 4.68 Å². The van der Waals surface area contributed by atoms with E-state index >= 15 is 0 Å². The second-order valence-electron chi connectivity index (χ2n) is 5.51. The number of rotatable bonds is 6. The highest BCUT2D eigenvalue weighted by Gasteiger charge is 2.49. The summed E-state index contributed by atoms with van der Waals surface area (Å²) in [5, 5.41) is 3.81. The third-order valence-electron chi connectivity index (χ3n) is 3.75. The first-order chi connectivity index (χ1) is 13.2. The quantitative estimate of drug-likeness (QED) is 0.450. The van der Waals surface area contributed by atoms with Crippen LogP contribution in [0.15, 0.2) is 36.5 Å². The van der Waals surface area contributed by atoms with Gasteiger partial charge in [-0.1, -0.05) is 12.1 Å². The average molecular weight is 417 g/mol. The van der Waals surface area contributed by atoms with Crippen molar-refractivity contribution < 1.29 is 35.2 Å². The van der Waals surface area contributed by atoms with Crippen molar-refractivity contribution in [3.63, 3.8) is 0 Å². The van der Waals surface area contributed by atoms with E-state index in [1.807, 2.05) is 0 Å². The van der Waals surface area contributed by atoms with E-state index in [2.05, 4.69) is 14.3 Å². The van der Waals surface area contributed by atoms with Crippen LogP contribution in [0.5, 0.6) is 17.5 Å². The van der Waals surface area contributed by atoms with E-state index in [0.29, 0.717) is 5.75 Å². The van der Waals surface area contributed by atoms with Crippen molar-refractivity contribution in [3.05, 3.63) is 42.1 Å². The molecule has 3 rings (SSSR count). The zero-order valence-corrected chi connectivity index (χ0v) is 15.4. The number of hydrogen-bond acceptors (Lipinski definition) is 7. The Balaban J connectivity index is 2.09. The van der Waals surface area contributed by atoms with Crippen molar-refractivity contribution in [2.75, 3.05) is 14.2 Å². The van der Waals surface area contributed by atoms with Crippen molar-refractivity contribution >= 4 is 21.0 Å². The van der Waals surface area contributed by atoms with Crippen LogP contribution < -0.4 is 13.7 Å². The van der Waals surface area contributed by atoms with E-state index in [0.717, 1.165) is 5.56 Å². The van der Waals surface area contributed by atoms with Gasteiger partial charge in [-0.2, -0.15) is 21.6 Å². The number of alkyl halides is 3. The summed E-state index contributed by atoms with van der Waals surface area (Å²) in [7, 11) is -3.16. The first-order valence-corrected chi connectivity index (χ1v) is 9.10. The van der Waals surface area contributed by atoms with Crippen LogP contribution in [0.1, 0.15) is 5.56 Å². The zero-order chi connectivity index (χ0) is 20.5. The molecule has 0 amide bonds. The van der Waals surface area contributed by atoms with Gasteiger partial charge >= 0.3 is 15.6 Å². The van der Waals surface area contributed by atoms with Gasteiger partial charge in [0, 0.05) is 6.20 Å². The van der Waals surface area contributed by atoms with Crippen molar-refractivity contribution in [1.82, 2.24) is 14.8 Å². The molecule has 0 saturated carbocycles. The van der Waals surface area contributed by atoms with E-state index in [9.17, 15) is 21.6 Å². The lowest BCUT2D eigenvalue weighted by Crippen LogP contribution is -2.28. The van der Waals surface area contributed by atoms with Gasteiger partial charge in [-0.05, 0) is 23.8 Å². The van der Waals surface area contributed by atoms with Crippen LogP contribution in [0.25, 0.3) is 10.9 Å². The van der Waals surface area contributed by atoms with E-state index in [1.165, 1.54) is 31.2 Å². The predicted octanol–water partition coefficient (Wildman–Crippen LogP) is 2.73. The molecule has 28 heavy (non-hydrogen) atoms. The van der Waals surface area contributed by atoms with Gasteiger partial charge in [0.25, 0.3) is 5.88 Å².